The summed E-state index contributed by atoms with van der Waals surface area (Å²) in [5, 5.41) is 15.0. The van der Waals surface area contributed by atoms with Gasteiger partial charge in [-0.2, -0.15) is 13.7 Å². The maximum atomic E-state index is 12.2. The fourth-order valence-corrected chi connectivity index (χ4v) is 2.61. The van der Waals surface area contributed by atoms with Gasteiger partial charge < -0.3 is 10.6 Å². The van der Waals surface area contributed by atoms with Gasteiger partial charge in [-0.15, -0.1) is 0 Å². The highest BCUT2D eigenvalue weighted by Gasteiger charge is 2.12. The highest BCUT2D eigenvalue weighted by Crippen LogP contribution is 2.23. The second kappa shape index (κ2) is 8.01. The number of benzene rings is 2. The third-order valence-electron chi connectivity index (χ3n) is 3.42. The molecule has 0 fully saturated rings. The van der Waals surface area contributed by atoms with Gasteiger partial charge in [0.15, 0.2) is 0 Å². The van der Waals surface area contributed by atoms with Gasteiger partial charge in [-0.3, -0.25) is 9.35 Å². The van der Waals surface area contributed by atoms with Crippen LogP contribution in [0.1, 0.15) is 5.56 Å². The summed E-state index contributed by atoms with van der Waals surface area (Å²) in [6.07, 6.45) is 1.19. The van der Waals surface area contributed by atoms with Gasteiger partial charge in [0, 0.05) is 22.6 Å². The Hall–Kier alpha value is -2.86. The number of hydrogen-bond donors (Lipinski definition) is 3. The van der Waals surface area contributed by atoms with E-state index in [1.165, 1.54) is 30.5 Å². The van der Waals surface area contributed by atoms with Crippen molar-refractivity contribution in [3.8, 4) is 6.07 Å². The van der Waals surface area contributed by atoms with E-state index < -0.39 is 16.0 Å². The Balaban J connectivity index is 2.13. The molecule has 1 amide bonds. The third-order valence-corrected chi connectivity index (χ3v) is 4.69. The van der Waals surface area contributed by atoms with E-state index in [0.717, 1.165) is 0 Å². The van der Waals surface area contributed by atoms with Crippen molar-refractivity contribution in [3.05, 3.63) is 64.8 Å². The zero-order valence-corrected chi connectivity index (χ0v) is 15.1. The maximum absolute atomic E-state index is 12.2. The first-order valence-corrected chi connectivity index (χ1v) is 9.05. The van der Waals surface area contributed by atoms with Crippen LogP contribution in [-0.4, -0.2) is 18.9 Å². The lowest BCUT2D eigenvalue weighted by molar-refractivity contribution is -0.112. The van der Waals surface area contributed by atoms with Gasteiger partial charge in [-0.1, -0.05) is 17.7 Å². The Morgan fingerprint density at radius 3 is 2.46 bits per heavy atom. The Labute approximate surface area is 155 Å². The van der Waals surface area contributed by atoms with Crippen molar-refractivity contribution in [2.24, 2.45) is 0 Å². The number of nitrogens with zero attached hydrogens (tertiary/aromatic N) is 1. The number of anilines is 2. The molecular weight excluding hydrogens is 378 g/mol. The summed E-state index contributed by atoms with van der Waals surface area (Å²) < 4.78 is 30.9. The normalized spacial score (nSPS) is 11.5. The molecule has 0 atom stereocenters. The fraction of sp³-hybridized carbons (Fsp3) is 0.0588. The second-order valence-electron chi connectivity index (χ2n) is 5.18. The number of nitrogens with one attached hydrogen (secondary N) is 2. The topological polar surface area (TPSA) is 119 Å². The number of amides is 1. The lowest BCUT2D eigenvalue weighted by Gasteiger charge is -2.09. The van der Waals surface area contributed by atoms with Crippen molar-refractivity contribution < 1.29 is 17.8 Å². The van der Waals surface area contributed by atoms with Crippen molar-refractivity contribution in [2.45, 2.75) is 11.8 Å². The number of nitriles is 1. The molecule has 7 nitrogen and oxygen atoms in total. The lowest BCUT2D eigenvalue weighted by Crippen LogP contribution is -2.15. The van der Waals surface area contributed by atoms with Crippen LogP contribution in [0.5, 0.6) is 0 Å². The largest absolute Gasteiger partial charge is 0.360 e. The Bertz CT molecular complexity index is 1010. The number of carbonyl (C=O) groups excluding carboxylic acids is 1. The van der Waals surface area contributed by atoms with Crippen LogP contribution < -0.4 is 10.6 Å². The van der Waals surface area contributed by atoms with Crippen molar-refractivity contribution in [1.82, 2.24) is 0 Å². The molecule has 0 bridgehead atoms. The summed E-state index contributed by atoms with van der Waals surface area (Å²) in [6, 6.07) is 11.9. The summed E-state index contributed by atoms with van der Waals surface area (Å²) >= 11 is 5.99. The van der Waals surface area contributed by atoms with Crippen molar-refractivity contribution in [2.75, 3.05) is 10.6 Å². The van der Waals surface area contributed by atoms with E-state index in [0.29, 0.717) is 22.0 Å². The van der Waals surface area contributed by atoms with Crippen LogP contribution in [0, 0.1) is 18.3 Å². The first-order valence-electron chi connectivity index (χ1n) is 7.23. The van der Waals surface area contributed by atoms with E-state index in [9.17, 15) is 13.2 Å². The first-order chi connectivity index (χ1) is 12.2. The molecule has 0 unspecified atom stereocenters. The summed E-state index contributed by atoms with van der Waals surface area (Å²) in [7, 11) is -4.28. The molecule has 2 aromatic carbocycles. The van der Waals surface area contributed by atoms with Gasteiger partial charge in [-0.25, -0.2) is 0 Å². The van der Waals surface area contributed by atoms with Gasteiger partial charge in [0.1, 0.15) is 11.6 Å². The lowest BCUT2D eigenvalue weighted by atomic mass is 10.2. The van der Waals surface area contributed by atoms with Crippen molar-refractivity contribution >= 4 is 39.0 Å². The van der Waals surface area contributed by atoms with E-state index in [1.807, 2.05) is 0 Å². The van der Waals surface area contributed by atoms with Crippen molar-refractivity contribution in [3.63, 3.8) is 0 Å². The molecule has 0 aliphatic carbocycles. The quantitative estimate of drug-likeness (QED) is 0.408. The molecular formula is C17H14ClN3O4S. The number of halogens is 1. The minimum absolute atomic E-state index is 0.191. The van der Waals surface area contributed by atoms with Crippen LogP contribution in [-0.2, 0) is 14.9 Å². The number of rotatable bonds is 5. The third kappa shape index (κ3) is 4.83. The molecule has 0 aliphatic heterocycles. The molecule has 0 radical (unpaired) electrons. The average Bonchev–Trinajstić information content (AvgIpc) is 2.59. The molecule has 2 rings (SSSR count). The minimum Gasteiger partial charge on any atom is -0.360 e. The molecule has 2 aromatic rings. The molecule has 0 saturated carbocycles. The molecule has 9 heteroatoms. The zero-order chi connectivity index (χ0) is 19.3. The number of carbonyl (C=O) groups is 1. The molecule has 0 heterocycles. The van der Waals surface area contributed by atoms with E-state index in [2.05, 4.69) is 10.6 Å². The average molecular weight is 392 g/mol. The Morgan fingerprint density at radius 1 is 1.23 bits per heavy atom. The highest BCUT2D eigenvalue weighted by molar-refractivity contribution is 7.85. The smallest absolute Gasteiger partial charge is 0.294 e. The van der Waals surface area contributed by atoms with Gasteiger partial charge in [0.05, 0.1) is 4.90 Å². The summed E-state index contributed by atoms with van der Waals surface area (Å²) in [4.78, 5) is 12.0. The summed E-state index contributed by atoms with van der Waals surface area (Å²) in [5.74, 6) is -0.625. The van der Waals surface area contributed by atoms with Gasteiger partial charge in [0.2, 0.25) is 0 Å². The van der Waals surface area contributed by atoms with Crippen molar-refractivity contribution in [1.29, 1.82) is 5.26 Å². The molecule has 134 valence electrons. The van der Waals surface area contributed by atoms with Crippen LogP contribution in [0.4, 0.5) is 11.4 Å². The molecule has 0 aliphatic rings. The monoisotopic (exact) mass is 391 g/mol. The first kappa shape index (κ1) is 19.5. The Morgan fingerprint density at radius 2 is 1.88 bits per heavy atom. The van der Waals surface area contributed by atoms with Crippen LogP contribution in [0.3, 0.4) is 0 Å². The van der Waals surface area contributed by atoms with Crippen LogP contribution in [0.15, 0.2) is 59.1 Å². The van der Waals surface area contributed by atoms with Gasteiger partial charge >= 0.3 is 0 Å². The standard InChI is InChI=1S/C17H14ClN3O4S/c1-11-15(18)3-2-4-16(11)21-17(22)12(9-19)10-20-13-5-7-14(8-6-13)26(23,24)25/h2-8,10,20H,1H3,(H,21,22)(H,23,24,25)/b12-10-. The van der Waals surface area contributed by atoms with E-state index in [1.54, 1.807) is 31.2 Å². The van der Waals surface area contributed by atoms with Gasteiger partial charge in [-0.05, 0) is 48.9 Å². The molecule has 26 heavy (non-hydrogen) atoms. The highest BCUT2D eigenvalue weighted by atomic mass is 35.5. The zero-order valence-electron chi connectivity index (χ0n) is 13.5. The summed E-state index contributed by atoms with van der Waals surface area (Å²) in [6.45, 7) is 1.74. The van der Waals surface area contributed by atoms with Gasteiger partial charge in [0.25, 0.3) is 16.0 Å². The van der Waals surface area contributed by atoms with Crippen LogP contribution >= 0.6 is 11.6 Å². The molecule has 0 saturated heterocycles. The molecule has 0 aromatic heterocycles. The summed E-state index contributed by atoms with van der Waals surface area (Å²) in [5.41, 5.74) is 1.40. The predicted molar refractivity (Wildman–Crippen MR) is 98.4 cm³/mol. The Kier molecular flexibility index (Phi) is 6.00. The van der Waals surface area contributed by atoms with Crippen LogP contribution in [0.2, 0.25) is 5.02 Å². The number of hydrogen-bond acceptors (Lipinski definition) is 5. The molecule has 0 spiro atoms. The van der Waals surface area contributed by atoms with E-state index in [-0.39, 0.29) is 10.5 Å². The maximum Gasteiger partial charge on any atom is 0.294 e. The SMILES string of the molecule is Cc1c(Cl)cccc1NC(=O)/C(C#N)=C\Nc1ccc(S(=O)(=O)O)cc1. The molecule has 3 N–H and O–H groups in total. The predicted octanol–water partition coefficient (Wildman–Crippen LogP) is 3.35. The fourth-order valence-electron chi connectivity index (χ4n) is 1.96. The van der Waals surface area contributed by atoms with E-state index in [4.69, 9.17) is 21.4 Å². The minimum atomic E-state index is -4.28. The van der Waals surface area contributed by atoms with E-state index >= 15 is 0 Å². The second-order valence-corrected chi connectivity index (χ2v) is 7.01. The van der Waals surface area contributed by atoms with Crippen LogP contribution in [0.25, 0.3) is 0 Å².